The summed E-state index contributed by atoms with van der Waals surface area (Å²) in [6, 6.07) is 14.0. The normalized spacial score (nSPS) is 11.7. The highest BCUT2D eigenvalue weighted by Crippen LogP contribution is 2.34. The second kappa shape index (κ2) is 9.06. The summed E-state index contributed by atoms with van der Waals surface area (Å²) in [5, 5.41) is 5.06. The Kier molecular flexibility index (Phi) is 6.50. The maximum absolute atomic E-state index is 13.4. The molecule has 0 spiro atoms. The lowest BCUT2D eigenvalue weighted by Gasteiger charge is -2.05. The van der Waals surface area contributed by atoms with Gasteiger partial charge >= 0.3 is 0 Å². The summed E-state index contributed by atoms with van der Waals surface area (Å²) in [4.78, 5) is 8.57. The third kappa shape index (κ3) is 4.10. The fourth-order valence-electron chi connectivity index (χ4n) is 3.07. The molecule has 148 valence electrons. The zero-order chi connectivity index (χ0) is 21.0. The van der Waals surface area contributed by atoms with E-state index in [1.165, 1.54) is 12.1 Å². The largest absolute Gasteiger partial charge is 0.251 e. The average molecular weight is 429 g/mol. The van der Waals surface area contributed by atoms with Crippen molar-refractivity contribution >= 4 is 28.8 Å². The molecule has 1 unspecified atom stereocenters. The van der Waals surface area contributed by atoms with Crippen LogP contribution in [0.25, 0.3) is 28.0 Å². The number of hydrogen-bond acceptors (Lipinski definition) is 6. The standard InChI is InChI=1S/C20H17FN4OS.OS/c1-3-15-5-4-6-17-18(16-11-12-22-20(23-16)27(2)26)19(24-25(15)17)13-7-9-14(21)10-8-13;1-2/h4-12H,3H2,1-2H3;. The van der Waals surface area contributed by atoms with E-state index in [-0.39, 0.29) is 11.0 Å². The topological polar surface area (TPSA) is 77.2 Å². The number of benzene rings is 1. The molecule has 4 rings (SSSR count). The van der Waals surface area contributed by atoms with Gasteiger partial charge in [0.25, 0.3) is 0 Å². The fourth-order valence-corrected chi connectivity index (χ4v) is 3.51. The van der Waals surface area contributed by atoms with Gasteiger partial charge in [0.1, 0.15) is 11.5 Å². The number of halogens is 1. The van der Waals surface area contributed by atoms with Gasteiger partial charge in [-0.3, -0.25) is 4.21 Å². The smallest absolute Gasteiger partial charge is 0.218 e. The van der Waals surface area contributed by atoms with Crippen LogP contribution in [0.5, 0.6) is 0 Å². The first-order valence-corrected chi connectivity index (χ1v) is 10.6. The lowest BCUT2D eigenvalue weighted by molar-refractivity contribution is 0.628. The summed E-state index contributed by atoms with van der Waals surface area (Å²) in [7, 11) is -1.29. The molecule has 3 aromatic heterocycles. The summed E-state index contributed by atoms with van der Waals surface area (Å²) in [6.07, 6.45) is 3.96. The van der Waals surface area contributed by atoms with Gasteiger partial charge in [-0.2, -0.15) is 9.31 Å². The third-order valence-corrected chi connectivity index (χ3v) is 5.07. The monoisotopic (exact) mass is 428 g/mol. The van der Waals surface area contributed by atoms with Crippen molar-refractivity contribution in [2.45, 2.75) is 18.5 Å². The SMILES string of the molecule is CCc1cccc2c(-c3ccnc(S(C)=O)n3)c(-c3ccc(F)cc3)nn12.O=S. The summed E-state index contributed by atoms with van der Waals surface area (Å²) in [6.45, 7) is 2.07. The molecule has 0 aliphatic heterocycles. The third-order valence-electron chi connectivity index (χ3n) is 4.36. The predicted molar refractivity (Wildman–Crippen MR) is 111 cm³/mol. The molecule has 29 heavy (non-hydrogen) atoms. The van der Waals surface area contributed by atoms with Gasteiger partial charge in [-0.25, -0.2) is 18.9 Å². The molecule has 6 nitrogen and oxygen atoms in total. The number of nitrogens with zero attached hydrogens (tertiary/aromatic N) is 4. The van der Waals surface area contributed by atoms with Crippen LogP contribution in [0.2, 0.25) is 0 Å². The van der Waals surface area contributed by atoms with Crippen LogP contribution in [0.3, 0.4) is 0 Å². The molecule has 0 bridgehead atoms. The van der Waals surface area contributed by atoms with Crippen molar-refractivity contribution in [2.75, 3.05) is 6.26 Å². The van der Waals surface area contributed by atoms with E-state index >= 15 is 0 Å². The van der Waals surface area contributed by atoms with Gasteiger partial charge in [0.05, 0.1) is 27.6 Å². The highest BCUT2D eigenvalue weighted by molar-refractivity contribution is 7.84. The number of pyridine rings is 1. The summed E-state index contributed by atoms with van der Waals surface area (Å²) < 4.78 is 35.0. The Bertz CT molecular complexity index is 1180. The summed E-state index contributed by atoms with van der Waals surface area (Å²) in [5.41, 5.74) is 4.87. The van der Waals surface area contributed by atoms with Crippen molar-refractivity contribution in [3.63, 3.8) is 0 Å². The number of hydrogen-bond donors (Lipinski definition) is 0. The lowest BCUT2D eigenvalue weighted by atomic mass is 10.0. The minimum atomic E-state index is -1.29. The van der Waals surface area contributed by atoms with Crippen LogP contribution in [0.15, 0.2) is 59.9 Å². The van der Waals surface area contributed by atoms with E-state index in [0.717, 1.165) is 28.8 Å². The van der Waals surface area contributed by atoms with Gasteiger partial charge in [0.2, 0.25) is 5.16 Å². The van der Waals surface area contributed by atoms with E-state index in [1.54, 1.807) is 30.7 Å². The Balaban J connectivity index is 0.00000117. The molecule has 0 aliphatic rings. The molecule has 0 saturated heterocycles. The molecular weight excluding hydrogens is 411 g/mol. The highest BCUT2D eigenvalue weighted by Gasteiger charge is 2.19. The van der Waals surface area contributed by atoms with Gasteiger partial charge in [-0.05, 0) is 48.9 Å². The Morgan fingerprint density at radius 3 is 2.48 bits per heavy atom. The van der Waals surface area contributed by atoms with Crippen LogP contribution in [0, 0.1) is 5.82 Å². The molecule has 0 amide bonds. The molecule has 9 heteroatoms. The Labute approximate surface area is 174 Å². The predicted octanol–water partition coefficient (Wildman–Crippen LogP) is 3.56. The number of aromatic nitrogens is 4. The minimum absolute atomic E-state index is 0.267. The van der Waals surface area contributed by atoms with Crippen LogP contribution in [-0.2, 0) is 29.8 Å². The van der Waals surface area contributed by atoms with Crippen molar-refractivity contribution < 1.29 is 12.8 Å². The first-order chi connectivity index (χ1) is 14.1. The van der Waals surface area contributed by atoms with Gasteiger partial charge in [-0.1, -0.05) is 13.0 Å². The molecule has 4 aromatic rings. The van der Waals surface area contributed by atoms with E-state index in [1.807, 2.05) is 22.7 Å². The summed E-state index contributed by atoms with van der Waals surface area (Å²) >= 11 is 2.83. The quantitative estimate of drug-likeness (QED) is 0.463. The van der Waals surface area contributed by atoms with Crippen LogP contribution in [0.4, 0.5) is 4.39 Å². The molecule has 0 fully saturated rings. The van der Waals surface area contributed by atoms with Gasteiger partial charge in [0, 0.05) is 23.7 Å². The van der Waals surface area contributed by atoms with Crippen LogP contribution >= 0.6 is 0 Å². The average Bonchev–Trinajstić information content (AvgIpc) is 3.15. The first kappa shape index (κ1) is 20.8. The molecule has 0 N–H and O–H groups in total. The van der Waals surface area contributed by atoms with E-state index in [0.29, 0.717) is 11.4 Å². The fraction of sp³-hybridized carbons (Fsp3) is 0.150. The van der Waals surface area contributed by atoms with E-state index in [9.17, 15) is 8.60 Å². The van der Waals surface area contributed by atoms with Crippen LogP contribution < -0.4 is 0 Å². The molecule has 0 aliphatic carbocycles. The van der Waals surface area contributed by atoms with Crippen LogP contribution in [-0.4, -0.2) is 34.3 Å². The molecular formula is C20H17FN4O2S2. The van der Waals surface area contributed by atoms with E-state index < -0.39 is 10.8 Å². The molecule has 3 heterocycles. The van der Waals surface area contributed by atoms with Crippen molar-refractivity contribution in [2.24, 2.45) is 0 Å². The zero-order valence-corrected chi connectivity index (χ0v) is 17.3. The second-order valence-corrected chi connectivity index (χ2v) is 7.35. The van der Waals surface area contributed by atoms with Gasteiger partial charge < -0.3 is 0 Å². The summed E-state index contributed by atoms with van der Waals surface area (Å²) in [5.74, 6) is -0.302. The Morgan fingerprint density at radius 2 is 1.83 bits per heavy atom. The zero-order valence-electron chi connectivity index (χ0n) is 15.7. The van der Waals surface area contributed by atoms with Crippen molar-refractivity contribution in [3.8, 4) is 22.5 Å². The first-order valence-electron chi connectivity index (χ1n) is 8.68. The van der Waals surface area contributed by atoms with Crippen molar-refractivity contribution in [3.05, 3.63) is 66.2 Å². The van der Waals surface area contributed by atoms with E-state index in [4.69, 9.17) is 9.31 Å². The number of fused-ring (bicyclic) bond motifs is 1. The second-order valence-electron chi connectivity index (χ2n) is 6.08. The minimum Gasteiger partial charge on any atom is -0.251 e. The van der Waals surface area contributed by atoms with Crippen molar-refractivity contribution in [1.29, 1.82) is 0 Å². The molecule has 1 aromatic carbocycles. The van der Waals surface area contributed by atoms with Crippen LogP contribution in [0.1, 0.15) is 12.6 Å². The maximum Gasteiger partial charge on any atom is 0.218 e. The highest BCUT2D eigenvalue weighted by atomic mass is 32.2. The lowest BCUT2D eigenvalue weighted by Crippen LogP contribution is -1.98. The van der Waals surface area contributed by atoms with Gasteiger partial charge in [0.15, 0.2) is 12.5 Å². The number of rotatable bonds is 4. The van der Waals surface area contributed by atoms with E-state index in [2.05, 4.69) is 29.4 Å². The van der Waals surface area contributed by atoms with Crippen molar-refractivity contribution in [1.82, 2.24) is 19.6 Å². The van der Waals surface area contributed by atoms with Gasteiger partial charge in [-0.15, -0.1) is 0 Å². The number of aryl methyl sites for hydroxylation is 1. The molecule has 1 atom stereocenters. The molecule has 0 radical (unpaired) electrons. The Hall–Kier alpha value is -2.91. The Morgan fingerprint density at radius 1 is 1.10 bits per heavy atom. The maximum atomic E-state index is 13.4. The molecule has 0 saturated carbocycles.